The van der Waals surface area contributed by atoms with Crippen LogP contribution in [-0.2, 0) is 53.1 Å². The molecule has 1 rings (SSSR count). The minimum atomic E-state index is -1.34. The molecular weight excluding hydrogens is 428 g/mol. The van der Waals surface area contributed by atoms with Crippen molar-refractivity contribution in [1.82, 2.24) is 0 Å². The van der Waals surface area contributed by atoms with E-state index in [9.17, 15) is 9.59 Å². The fourth-order valence-corrected chi connectivity index (χ4v) is 2.45. The summed E-state index contributed by atoms with van der Waals surface area (Å²) in [5, 5.41) is 0. The molecule has 180 valence electrons. The molecule has 0 spiro atoms. The van der Waals surface area contributed by atoms with E-state index in [2.05, 4.69) is 26.3 Å². The number of esters is 2. The minimum absolute atomic E-state index is 0.137. The van der Waals surface area contributed by atoms with Crippen molar-refractivity contribution in [1.29, 1.82) is 0 Å². The molecule has 32 heavy (non-hydrogen) atoms. The van der Waals surface area contributed by atoms with Crippen molar-refractivity contribution in [3.8, 4) is 0 Å². The normalized spacial score (nSPS) is 24.6. The van der Waals surface area contributed by atoms with Crippen LogP contribution >= 0.6 is 0 Å². The maximum absolute atomic E-state index is 12.2. The van der Waals surface area contributed by atoms with Crippen molar-refractivity contribution in [2.45, 2.75) is 64.8 Å². The molecule has 0 amide bonds. The zero-order valence-corrected chi connectivity index (χ0v) is 18.7. The molecule has 0 N–H and O–H groups in total. The first-order chi connectivity index (χ1) is 15.1. The Morgan fingerprint density at radius 3 is 1.91 bits per heavy atom. The van der Waals surface area contributed by atoms with Gasteiger partial charge in [-0.1, -0.05) is 26.3 Å². The van der Waals surface area contributed by atoms with E-state index >= 15 is 0 Å². The summed E-state index contributed by atoms with van der Waals surface area (Å²) in [7, 11) is 0. The zero-order chi connectivity index (χ0) is 24.3. The van der Waals surface area contributed by atoms with Crippen molar-refractivity contribution in [3.63, 3.8) is 0 Å². The highest BCUT2D eigenvalue weighted by molar-refractivity contribution is 5.81. The second kappa shape index (κ2) is 13.5. The highest BCUT2D eigenvalue weighted by atomic mass is 17.3. The molecule has 11 nitrogen and oxygen atoms in total. The topological polar surface area (TPSA) is 117 Å². The molecule has 11 heteroatoms. The fourth-order valence-electron chi connectivity index (χ4n) is 2.45. The molecule has 5 unspecified atom stereocenters. The van der Waals surface area contributed by atoms with Crippen LogP contribution in [0, 0.1) is 0 Å². The third kappa shape index (κ3) is 9.10. The van der Waals surface area contributed by atoms with Gasteiger partial charge >= 0.3 is 11.9 Å². The highest BCUT2D eigenvalue weighted by Gasteiger charge is 2.54. The van der Waals surface area contributed by atoms with Crippen molar-refractivity contribution < 1.29 is 53.1 Å². The van der Waals surface area contributed by atoms with E-state index in [1.807, 2.05) is 0 Å². The summed E-state index contributed by atoms with van der Waals surface area (Å²) in [5.74, 6) is -0.854. The largest absolute Gasteiger partial charge is 0.466 e. The van der Waals surface area contributed by atoms with Gasteiger partial charge in [-0.3, -0.25) is 4.79 Å². The monoisotopic (exact) mass is 458 g/mol. The molecule has 0 bridgehead atoms. The average Bonchev–Trinajstić information content (AvgIpc) is 2.70. The van der Waals surface area contributed by atoms with Gasteiger partial charge in [0.15, 0.2) is 18.3 Å². The van der Waals surface area contributed by atoms with E-state index in [4.69, 9.17) is 43.5 Å². The van der Waals surface area contributed by atoms with Crippen LogP contribution in [0.1, 0.15) is 34.1 Å². The highest BCUT2D eigenvalue weighted by Crippen LogP contribution is 2.32. The van der Waals surface area contributed by atoms with Crippen molar-refractivity contribution in [2.24, 2.45) is 0 Å². The van der Waals surface area contributed by atoms with Gasteiger partial charge in [0, 0.05) is 6.08 Å². The van der Waals surface area contributed by atoms with E-state index < -0.39 is 42.6 Å². The van der Waals surface area contributed by atoms with Gasteiger partial charge in [-0.15, -0.1) is 0 Å². The Balaban J connectivity index is 3.34. The van der Waals surface area contributed by atoms with Crippen LogP contribution in [-0.4, -0.2) is 49.3 Å². The van der Waals surface area contributed by atoms with Gasteiger partial charge in [0.1, 0.15) is 23.4 Å². The van der Waals surface area contributed by atoms with Crippen LogP contribution in [0.5, 0.6) is 0 Å². The van der Waals surface area contributed by atoms with Crippen molar-refractivity contribution >= 4 is 11.9 Å². The Labute approximate surface area is 186 Å². The first-order valence-electron chi connectivity index (χ1n) is 9.69. The molecular formula is C21H30O11. The summed E-state index contributed by atoms with van der Waals surface area (Å²) in [6.45, 7) is 20.5. The lowest BCUT2D eigenvalue weighted by molar-refractivity contribution is -0.471. The van der Waals surface area contributed by atoms with E-state index in [-0.39, 0.29) is 30.3 Å². The summed E-state index contributed by atoms with van der Waals surface area (Å²) >= 11 is 0. The van der Waals surface area contributed by atoms with E-state index in [1.54, 1.807) is 6.92 Å². The number of carbonyl (C=O) groups excluding carboxylic acids is 2. The molecule has 0 saturated carbocycles. The van der Waals surface area contributed by atoms with Crippen LogP contribution < -0.4 is 0 Å². The quantitative estimate of drug-likeness (QED) is 0.126. The number of hydrogen-bond donors (Lipinski definition) is 0. The van der Waals surface area contributed by atoms with Gasteiger partial charge in [0.05, 0.1) is 13.0 Å². The second-order valence-corrected chi connectivity index (χ2v) is 6.73. The number of allylic oxidation sites excluding steroid dienone is 3. The first-order valence-corrected chi connectivity index (χ1v) is 9.69. The fraction of sp³-hybridized carbons (Fsp3) is 0.524. The standard InChI is InChI=1S/C21H30O11/c1-9-16(22)26-18-15(11-17(23)24-10-2)25-21(32-29-14(7)8)20(31-28-13(5)6)19(18)30-27-12(3)4/h9,15,18-21H,1,3,5,7,10-11H2,2,4,6,8H3. The first kappa shape index (κ1) is 27.2. The van der Waals surface area contributed by atoms with Gasteiger partial charge in [-0.25, -0.2) is 4.79 Å². The molecule has 1 aliphatic rings. The van der Waals surface area contributed by atoms with Crippen molar-refractivity contribution in [2.75, 3.05) is 6.61 Å². The van der Waals surface area contributed by atoms with Crippen LogP contribution in [0.15, 0.2) is 49.7 Å². The molecule has 0 aromatic heterocycles. The molecule has 0 aromatic carbocycles. The molecule has 1 saturated heterocycles. The van der Waals surface area contributed by atoms with E-state index in [0.29, 0.717) is 0 Å². The SMILES string of the molecule is C=CC(=O)OC1C(CC(=O)OCC)OC(OOC(=C)C)C(OOC(=C)C)C1OOC(=C)C. The number of rotatable bonds is 14. The lowest BCUT2D eigenvalue weighted by Gasteiger charge is -2.42. The summed E-state index contributed by atoms with van der Waals surface area (Å²) in [4.78, 5) is 55.3. The van der Waals surface area contributed by atoms with Crippen LogP contribution in [0.25, 0.3) is 0 Å². The maximum atomic E-state index is 12.2. The Morgan fingerprint density at radius 1 is 0.875 bits per heavy atom. The van der Waals surface area contributed by atoms with Gasteiger partial charge in [-0.2, -0.15) is 14.7 Å². The van der Waals surface area contributed by atoms with Crippen LogP contribution in [0.3, 0.4) is 0 Å². The Morgan fingerprint density at radius 2 is 1.41 bits per heavy atom. The lowest BCUT2D eigenvalue weighted by Crippen LogP contribution is -2.61. The Hall–Kier alpha value is -2.86. The molecule has 1 fully saturated rings. The number of hydrogen-bond acceptors (Lipinski definition) is 11. The Bertz CT molecular complexity index is 702. The molecule has 0 radical (unpaired) electrons. The second-order valence-electron chi connectivity index (χ2n) is 6.73. The molecule has 0 aliphatic carbocycles. The third-order valence-electron chi connectivity index (χ3n) is 3.57. The maximum Gasteiger partial charge on any atom is 0.330 e. The minimum Gasteiger partial charge on any atom is -0.466 e. The smallest absolute Gasteiger partial charge is 0.330 e. The van der Waals surface area contributed by atoms with Crippen LogP contribution in [0.4, 0.5) is 0 Å². The summed E-state index contributed by atoms with van der Waals surface area (Å²) in [6, 6.07) is 0. The molecule has 1 heterocycles. The zero-order valence-electron chi connectivity index (χ0n) is 18.7. The van der Waals surface area contributed by atoms with Gasteiger partial charge in [-0.05, 0) is 27.7 Å². The molecule has 1 aliphatic heterocycles. The summed E-state index contributed by atoms with van der Waals surface area (Å²) in [5.41, 5.74) is 0. The summed E-state index contributed by atoms with van der Waals surface area (Å²) < 4.78 is 16.2. The lowest BCUT2D eigenvalue weighted by atomic mass is 9.96. The Kier molecular flexibility index (Phi) is 11.5. The number of carbonyl (C=O) groups is 2. The predicted octanol–water partition coefficient (Wildman–Crippen LogP) is 2.94. The summed E-state index contributed by atoms with van der Waals surface area (Å²) in [6.07, 6.45) is -5.59. The molecule has 0 aromatic rings. The van der Waals surface area contributed by atoms with E-state index in [1.165, 1.54) is 20.8 Å². The third-order valence-corrected chi connectivity index (χ3v) is 3.57. The predicted molar refractivity (Wildman–Crippen MR) is 109 cm³/mol. The average molecular weight is 458 g/mol. The van der Waals surface area contributed by atoms with Crippen molar-refractivity contribution in [3.05, 3.63) is 49.7 Å². The van der Waals surface area contributed by atoms with Gasteiger partial charge in [0.25, 0.3) is 0 Å². The van der Waals surface area contributed by atoms with Crippen LogP contribution in [0.2, 0.25) is 0 Å². The van der Waals surface area contributed by atoms with Gasteiger partial charge in [0.2, 0.25) is 6.29 Å². The number of ether oxygens (including phenoxy) is 3. The van der Waals surface area contributed by atoms with E-state index in [0.717, 1.165) is 6.08 Å². The molecule has 5 atom stereocenters. The van der Waals surface area contributed by atoms with Gasteiger partial charge < -0.3 is 28.9 Å².